The van der Waals surface area contributed by atoms with E-state index >= 15 is 0 Å². The molecule has 0 saturated carbocycles. The number of phosphoric ester groups is 1. The first-order chi connectivity index (χ1) is 13.7. The molecule has 0 bridgehead atoms. The fourth-order valence-electron chi connectivity index (χ4n) is 3.50. The Bertz CT molecular complexity index is 443. The zero-order chi connectivity index (χ0) is 22.0. The van der Waals surface area contributed by atoms with Crippen molar-refractivity contribution in [3.05, 3.63) is 12.2 Å². The first-order valence-corrected chi connectivity index (χ1v) is 13.4. The second-order valence-electron chi connectivity index (χ2n) is 9.28. The largest absolute Gasteiger partial charge is 0.469 e. The Morgan fingerprint density at radius 2 is 1.24 bits per heavy atom. The highest BCUT2D eigenvalue weighted by atomic mass is 31.2. The van der Waals surface area contributed by atoms with Gasteiger partial charge in [0.25, 0.3) is 0 Å². The molecule has 0 aliphatic heterocycles. The summed E-state index contributed by atoms with van der Waals surface area (Å²) in [5, 5.41) is 0. The molecule has 0 heterocycles. The van der Waals surface area contributed by atoms with E-state index in [0.29, 0.717) is 4.48 Å². The van der Waals surface area contributed by atoms with Gasteiger partial charge in [-0.15, -0.1) is 0 Å². The number of hydrogen-bond donors (Lipinski definition) is 2. The second kappa shape index (κ2) is 17.5. The zero-order valence-corrected chi connectivity index (χ0v) is 20.5. The molecule has 5 nitrogen and oxygen atoms in total. The summed E-state index contributed by atoms with van der Waals surface area (Å²) >= 11 is 0. The Balaban J connectivity index is 3.59. The lowest BCUT2D eigenvalue weighted by Gasteiger charge is -2.34. The van der Waals surface area contributed by atoms with E-state index in [1.165, 1.54) is 83.5 Å². The minimum Gasteiger partial charge on any atom is -0.327 e. The Kier molecular flexibility index (Phi) is 17.4. The van der Waals surface area contributed by atoms with Crippen molar-refractivity contribution in [2.24, 2.45) is 0 Å². The summed E-state index contributed by atoms with van der Waals surface area (Å²) in [5.74, 6) is 0. The topological polar surface area (TPSA) is 66.8 Å². The van der Waals surface area contributed by atoms with Gasteiger partial charge in [-0.2, -0.15) is 0 Å². The molecule has 0 amide bonds. The summed E-state index contributed by atoms with van der Waals surface area (Å²) in [5.41, 5.74) is 0. The van der Waals surface area contributed by atoms with Crippen molar-refractivity contribution in [3.8, 4) is 0 Å². The molecule has 0 radical (unpaired) electrons. The Hall–Kier alpha value is -0.190. The van der Waals surface area contributed by atoms with Gasteiger partial charge in [0.1, 0.15) is 12.6 Å². The van der Waals surface area contributed by atoms with Gasteiger partial charge in [0.15, 0.2) is 0 Å². The monoisotopic (exact) mass is 434 g/mol. The van der Waals surface area contributed by atoms with Gasteiger partial charge in [-0.1, -0.05) is 76.9 Å². The summed E-state index contributed by atoms with van der Waals surface area (Å²) < 4.78 is 16.3. The van der Waals surface area contributed by atoms with E-state index in [1.807, 2.05) is 21.1 Å². The Morgan fingerprint density at radius 1 is 0.793 bits per heavy atom. The van der Waals surface area contributed by atoms with Gasteiger partial charge < -0.3 is 14.3 Å². The van der Waals surface area contributed by atoms with E-state index in [0.717, 1.165) is 12.8 Å². The van der Waals surface area contributed by atoms with Gasteiger partial charge in [0.2, 0.25) is 0 Å². The molecular formula is C23H49NO4P+. The van der Waals surface area contributed by atoms with Gasteiger partial charge >= 0.3 is 7.82 Å². The van der Waals surface area contributed by atoms with Crippen molar-refractivity contribution >= 4 is 7.82 Å². The van der Waals surface area contributed by atoms with Gasteiger partial charge in [0.05, 0.1) is 21.1 Å². The third kappa shape index (κ3) is 20.8. The summed E-state index contributed by atoms with van der Waals surface area (Å²) in [6, 6.07) is 0.111. The van der Waals surface area contributed by atoms with Crippen LogP contribution < -0.4 is 0 Å². The van der Waals surface area contributed by atoms with Gasteiger partial charge in [-0.3, -0.25) is 4.52 Å². The van der Waals surface area contributed by atoms with Gasteiger partial charge in [0, 0.05) is 6.42 Å². The third-order valence-corrected chi connectivity index (χ3v) is 6.07. The van der Waals surface area contributed by atoms with Crippen molar-refractivity contribution in [2.75, 3.05) is 27.7 Å². The fraction of sp³-hybridized carbons (Fsp3) is 0.913. The van der Waals surface area contributed by atoms with Crippen LogP contribution in [0.15, 0.2) is 12.2 Å². The third-order valence-electron chi connectivity index (χ3n) is 5.58. The Labute approximate surface area is 180 Å². The first kappa shape index (κ1) is 28.8. The van der Waals surface area contributed by atoms with E-state index in [1.54, 1.807) is 0 Å². The van der Waals surface area contributed by atoms with Crippen LogP contribution >= 0.6 is 7.82 Å². The SMILES string of the molecule is CCCCCCCCC=CCCCCCCCCC(COP(=O)(O)O)[N+](C)(C)C. The van der Waals surface area contributed by atoms with Crippen molar-refractivity contribution in [1.82, 2.24) is 0 Å². The van der Waals surface area contributed by atoms with Crippen LogP contribution in [0.2, 0.25) is 0 Å². The number of nitrogens with zero attached hydrogens (tertiary/aromatic N) is 1. The molecule has 0 aromatic rings. The maximum absolute atomic E-state index is 10.9. The lowest BCUT2D eigenvalue weighted by molar-refractivity contribution is -0.896. The van der Waals surface area contributed by atoms with Gasteiger partial charge in [-0.25, -0.2) is 4.57 Å². The molecule has 0 aromatic heterocycles. The maximum atomic E-state index is 10.9. The fourth-order valence-corrected chi connectivity index (χ4v) is 3.87. The lowest BCUT2D eigenvalue weighted by Crippen LogP contribution is -2.47. The highest BCUT2D eigenvalue weighted by Crippen LogP contribution is 2.36. The van der Waals surface area contributed by atoms with Crippen LogP contribution in [-0.4, -0.2) is 48.1 Å². The molecule has 0 spiro atoms. The minimum absolute atomic E-state index is 0.110. The molecule has 1 atom stereocenters. The van der Waals surface area contributed by atoms with Crippen LogP contribution in [0.4, 0.5) is 0 Å². The Morgan fingerprint density at radius 3 is 1.69 bits per heavy atom. The second-order valence-corrected chi connectivity index (χ2v) is 10.5. The van der Waals surface area contributed by atoms with Crippen LogP contribution in [0.25, 0.3) is 0 Å². The summed E-state index contributed by atoms with van der Waals surface area (Å²) in [7, 11) is 1.77. The highest BCUT2D eigenvalue weighted by Gasteiger charge is 2.27. The molecule has 0 aliphatic rings. The van der Waals surface area contributed by atoms with Crippen LogP contribution in [0, 0.1) is 0 Å². The summed E-state index contributed by atoms with van der Waals surface area (Å²) in [6.07, 6.45) is 23.7. The van der Waals surface area contributed by atoms with E-state index in [2.05, 4.69) is 19.1 Å². The molecular weight excluding hydrogens is 385 g/mol. The van der Waals surface area contributed by atoms with Crippen molar-refractivity contribution in [3.63, 3.8) is 0 Å². The molecule has 0 rings (SSSR count). The minimum atomic E-state index is -4.38. The van der Waals surface area contributed by atoms with Crippen molar-refractivity contribution in [1.29, 1.82) is 0 Å². The highest BCUT2D eigenvalue weighted by molar-refractivity contribution is 7.46. The average molecular weight is 435 g/mol. The number of phosphoric acid groups is 1. The number of rotatable bonds is 20. The number of allylic oxidation sites excluding steroid dienone is 2. The predicted octanol–water partition coefficient (Wildman–Crippen LogP) is 6.60. The van der Waals surface area contributed by atoms with E-state index in [-0.39, 0.29) is 12.6 Å². The predicted molar refractivity (Wildman–Crippen MR) is 124 cm³/mol. The molecule has 0 saturated heterocycles. The molecule has 0 aromatic carbocycles. The number of quaternary nitrogens is 1. The number of unbranched alkanes of at least 4 members (excludes halogenated alkanes) is 12. The standard InChI is InChI=1S/C23H48NO4P/c1-5-6-7-8-9-10-11-12-13-14-15-16-17-18-19-20-21-23(24(2,3)4)22-28-29(25,26)27/h12-13,23H,5-11,14-22H2,1-4H3,(H-,25,26,27)/p+1. The molecule has 2 N–H and O–H groups in total. The maximum Gasteiger partial charge on any atom is 0.469 e. The van der Waals surface area contributed by atoms with Crippen molar-refractivity contribution in [2.45, 2.75) is 109 Å². The van der Waals surface area contributed by atoms with Crippen LogP contribution in [0.3, 0.4) is 0 Å². The molecule has 1 unspecified atom stereocenters. The number of likely N-dealkylation sites (N-methyl/N-ethyl adjacent to an activating group) is 1. The lowest BCUT2D eigenvalue weighted by atomic mass is 10.0. The van der Waals surface area contributed by atoms with Crippen LogP contribution in [0.1, 0.15) is 103 Å². The van der Waals surface area contributed by atoms with E-state index in [4.69, 9.17) is 14.3 Å². The van der Waals surface area contributed by atoms with Gasteiger partial charge in [-0.05, 0) is 32.1 Å². The van der Waals surface area contributed by atoms with Crippen LogP contribution in [0.5, 0.6) is 0 Å². The van der Waals surface area contributed by atoms with Crippen molar-refractivity contribution < 1.29 is 23.4 Å². The van der Waals surface area contributed by atoms with E-state index < -0.39 is 7.82 Å². The molecule has 6 heteroatoms. The average Bonchev–Trinajstić information content (AvgIpc) is 2.61. The quantitative estimate of drug-likeness (QED) is 0.0980. The molecule has 0 aliphatic carbocycles. The molecule has 0 fully saturated rings. The summed E-state index contributed by atoms with van der Waals surface area (Å²) in [6.45, 7) is 2.37. The normalized spacial score (nSPS) is 14.0. The van der Waals surface area contributed by atoms with E-state index in [9.17, 15) is 4.57 Å². The zero-order valence-electron chi connectivity index (χ0n) is 19.7. The first-order valence-electron chi connectivity index (χ1n) is 11.8. The summed E-state index contributed by atoms with van der Waals surface area (Å²) in [4.78, 5) is 17.8. The molecule has 29 heavy (non-hydrogen) atoms. The number of hydrogen-bond acceptors (Lipinski definition) is 2. The van der Waals surface area contributed by atoms with Crippen LogP contribution in [-0.2, 0) is 9.09 Å². The molecule has 174 valence electrons. The smallest absolute Gasteiger partial charge is 0.327 e.